The number of methoxy groups -OCH3 is 1. The number of nitrogens with zero attached hydrogens (tertiary/aromatic N) is 2. The molecule has 0 aromatic carbocycles. The van der Waals surface area contributed by atoms with Crippen molar-refractivity contribution < 1.29 is 14.6 Å². The fourth-order valence-electron chi connectivity index (χ4n) is 3.08. The summed E-state index contributed by atoms with van der Waals surface area (Å²) in [5.41, 5.74) is 0. The van der Waals surface area contributed by atoms with E-state index in [4.69, 9.17) is 4.74 Å². The van der Waals surface area contributed by atoms with Gasteiger partial charge >= 0.3 is 0 Å². The zero-order valence-corrected chi connectivity index (χ0v) is 12.8. The van der Waals surface area contributed by atoms with E-state index in [2.05, 4.69) is 18.7 Å². The van der Waals surface area contributed by atoms with Gasteiger partial charge in [-0.05, 0) is 33.6 Å². The van der Waals surface area contributed by atoms with Crippen LogP contribution in [-0.4, -0.2) is 72.4 Å². The Balaban J connectivity index is 2.56. The minimum atomic E-state index is -0.625. The lowest BCUT2D eigenvalue weighted by Crippen LogP contribution is -2.51. The molecule has 0 bridgehead atoms. The van der Waals surface area contributed by atoms with Crippen molar-refractivity contribution in [2.24, 2.45) is 0 Å². The van der Waals surface area contributed by atoms with E-state index in [0.717, 1.165) is 12.8 Å². The third-order valence-corrected chi connectivity index (χ3v) is 4.04. The van der Waals surface area contributed by atoms with Crippen molar-refractivity contribution in [1.82, 2.24) is 9.80 Å². The number of likely N-dealkylation sites (N-methyl/N-ethyl adjacent to an activating group) is 1. The number of amides is 1. The van der Waals surface area contributed by atoms with Gasteiger partial charge in [-0.25, -0.2) is 0 Å². The maximum Gasteiger partial charge on any atom is 0.239 e. The lowest BCUT2D eigenvalue weighted by atomic mass is 10.2. The minimum absolute atomic E-state index is 0.0655. The van der Waals surface area contributed by atoms with E-state index in [-0.39, 0.29) is 18.6 Å². The molecule has 19 heavy (non-hydrogen) atoms. The molecule has 0 spiro atoms. The second-order valence-electron chi connectivity index (χ2n) is 5.73. The van der Waals surface area contributed by atoms with Gasteiger partial charge in [0.2, 0.25) is 5.91 Å². The fraction of sp³-hybridized carbons (Fsp3) is 0.929. The fourth-order valence-corrected chi connectivity index (χ4v) is 3.08. The first-order chi connectivity index (χ1) is 8.88. The molecule has 1 heterocycles. The highest BCUT2D eigenvalue weighted by Gasteiger charge is 2.35. The lowest BCUT2D eigenvalue weighted by molar-refractivity contribution is -0.137. The predicted molar refractivity (Wildman–Crippen MR) is 75.0 cm³/mol. The predicted octanol–water partition coefficient (Wildman–Crippen LogP) is 0.713. The molecular formula is C14H28N2O3. The van der Waals surface area contributed by atoms with E-state index in [1.54, 1.807) is 19.1 Å². The summed E-state index contributed by atoms with van der Waals surface area (Å²) in [7, 11) is 3.28. The molecule has 1 amide bonds. The largest absolute Gasteiger partial charge is 0.389 e. The van der Waals surface area contributed by atoms with E-state index in [1.807, 2.05) is 6.92 Å². The highest BCUT2D eigenvalue weighted by molar-refractivity contribution is 5.81. The summed E-state index contributed by atoms with van der Waals surface area (Å²) in [6, 6.07) is 0.768. The SMILES string of the molecule is COC[C@H](O)CN(C)C(=O)[C@H](C)N1[C@H](C)CC[C@@H]1C. The van der Waals surface area contributed by atoms with E-state index in [1.165, 1.54) is 0 Å². The molecule has 112 valence electrons. The van der Waals surface area contributed by atoms with Gasteiger partial charge in [-0.2, -0.15) is 0 Å². The van der Waals surface area contributed by atoms with Crippen molar-refractivity contribution in [2.75, 3.05) is 27.3 Å². The maximum absolute atomic E-state index is 12.4. The van der Waals surface area contributed by atoms with Crippen molar-refractivity contribution >= 4 is 5.91 Å². The lowest BCUT2D eigenvalue weighted by Gasteiger charge is -2.34. The van der Waals surface area contributed by atoms with Gasteiger partial charge in [-0.15, -0.1) is 0 Å². The molecule has 1 saturated heterocycles. The zero-order chi connectivity index (χ0) is 14.6. The molecule has 4 atom stereocenters. The normalized spacial score (nSPS) is 27.3. The van der Waals surface area contributed by atoms with Crippen LogP contribution in [0.2, 0.25) is 0 Å². The number of hydrogen-bond acceptors (Lipinski definition) is 4. The molecule has 1 aliphatic heterocycles. The van der Waals surface area contributed by atoms with Crippen LogP contribution in [0.1, 0.15) is 33.6 Å². The van der Waals surface area contributed by atoms with E-state index in [0.29, 0.717) is 18.6 Å². The summed E-state index contributed by atoms with van der Waals surface area (Å²) in [4.78, 5) is 16.3. The molecule has 0 unspecified atom stereocenters. The third-order valence-electron chi connectivity index (χ3n) is 4.04. The van der Waals surface area contributed by atoms with E-state index < -0.39 is 6.10 Å². The number of likely N-dealkylation sites (tertiary alicyclic amines) is 1. The Hall–Kier alpha value is -0.650. The summed E-state index contributed by atoms with van der Waals surface area (Å²) in [5.74, 6) is 0.0655. The summed E-state index contributed by atoms with van der Waals surface area (Å²) in [5, 5.41) is 9.69. The zero-order valence-electron chi connectivity index (χ0n) is 12.8. The van der Waals surface area contributed by atoms with Crippen molar-refractivity contribution in [3.63, 3.8) is 0 Å². The van der Waals surface area contributed by atoms with Crippen molar-refractivity contribution in [2.45, 2.75) is 57.8 Å². The molecule has 0 aliphatic carbocycles. The van der Waals surface area contributed by atoms with Crippen LogP contribution in [0.15, 0.2) is 0 Å². The van der Waals surface area contributed by atoms with Gasteiger partial charge < -0.3 is 14.7 Å². The summed E-state index contributed by atoms with van der Waals surface area (Å²) in [6.07, 6.45) is 1.67. The Morgan fingerprint density at radius 1 is 1.42 bits per heavy atom. The number of carbonyl (C=O) groups is 1. The molecule has 1 fully saturated rings. The van der Waals surface area contributed by atoms with Gasteiger partial charge in [0.25, 0.3) is 0 Å². The van der Waals surface area contributed by atoms with E-state index in [9.17, 15) is 9.90 Å². The summed E-state index contributed by atoms with van der Waals surface area (Å²) >= 11 is 0. The molecule has 0 radical (unpaired) electrons. The average Bonchev–Trinajstić information content (AvgIpc) is 2.67. The Kier molecular flexibility index (Phi) is 6.23. The molecular weight excluding hydrogens is 244 g/mol. The molecule has 1 N–H and O–H groups in total. The van der Waals surface area contributed by atoms with Crippen molar-refractivity contribution in [3.8, 4) is 0 Å². The number of ether oxygens (including phenoxy) is 1. The third kappa shape index (κ3) is 4.16. The first kappa shape index (κ1) is 16.4. The number of rotatable bonds is 6. The number of carbonyl (C=O) groups excluding carboxylic acids is 1. The van der Waals surface area contributed by atoms with Gasteiger partial charge in [0, 0.05) is 32.8 Å². The Bertz CT molecular complexity index is 288. The Labute approximate surface area is 116 Å². The summed E-state index contributed by atoms with van der Waals surface area (Å²) < 4.78 is 4.88. The van der Waals surface area contributed by atoms with Crippen LogP contribution >= 0.6 is 0 Å². The molecule has 0 saturated carbocycles. The smallest absolute Gasteiger partial charge is 0.239 e. The average molecular weight is 272 g/mol. The molecule has 5 heteroatoms. The minimum Gasteiger partial charge on any atom is -0.389 e. The van der Waals surface area contributed by atoms with Gasteiger partial charge in [0.15, 0.2) is 0 Å². The van der Waals surface area contributed by atoms with Crippen LogP contribution in [0.4, 0.5) is 0 Å². The number of hydrogen-bond donors (Lipinski definition) is 1. The molecule has 1 aliphatic rings. The monoisotopic (exact) mass is 272 g/mol. The van der Waals surface area contributed by atoms with Crippen LogP contribution in [0, 0.1) is 0 Å². The maximum atomic E-state index is 12.4. The van der Waals surface area contributed by atoms with E-state index >= 15 is 0 Å². The van der Waals surface area contributed by atoms with Crippen LogP contribution in [-0.2, 0) is 9.53 Å². The first-order valence-electron chi connectivity index (χ1n) is 7.07. The molecule has 5 nitrogen and oxygen atoms in total. The highest BCUT2D eigenvalue weighted by Crippen LogP contribution is 2.26. The number of aliphatic hydroxyl groups excluding tert-OH is 1. The summed E-state index contributed by atoms with van der Waals surface area (Å²) in [6.45, 7) is 6.87. The molecule has 0 aromatic heterocycles. The molecule has 0 aromatic rings. The second-order valence-corrected chi connectivity index (χ2v) is 5.73. The van der Waals surface area contributed by atoms with Gasteiger partial charge in [0.1, 0.15) is 0 Å². The Morgan fingerprint density at radius 2 is 1.95 bits per heavy atom. The topological polar surface area (TPSA) is 53.0 Å². The molecule has 1 rings (SSSR count). The van der Waals surface area contributed by atoms with Crippen LogP contribution in [0.25, 0.3) is 0 Å². The van der Waals surface area contributed by atoms with Gasteiger partial charge in [0.05, 0.1) is 18.8 Å². The quantitative estimate of drug-likeness (QED) is 0.774. The van der Waals surface area contributed by atoms with Crippen LogP contribution in [0.3, 0.4) is 0 Å². The van der Waals surface area contributed by atoms with Crippen LogP contribution < -0.4 is 0 Å². The van der Waals surface area contributed by atoms with Gasteiger partial charge in [-0.3, -0.25) is 9.69 Å². The first-order valence-corrected chi connectivity index (χ1v) is 7.07. The van der Waals surface area contributed by atoms with Gasteiger partial charge in [-0.1, -0.05) is 0 Å². The standard InChI is InChI=1S/C14H28N2O3/c1-10-6-7-11(2)16(10)12(3)14(18)15(4)8-13(17)9-19-5/h10-13,17H,6-9H2,1-5H3/t10-,11+,12-,13+/m0/s1. The van der Waals surface area contributed by atoms with Crippen molar-refractivity contribution in [1.29, 1.82) is 0 Å². The second kappa shape index (κ2) is 7.22. The number of aliphatic hydroxyl groups is 1. The van der Waals surface area contributed by atoms with Crippen LogP contribution in [0.5, 0.6) is 0 Å². The highest BCUT2D eigenvalue weighted by atomic mass is 16.5. The van der Waals surface area contributed by atoms with Crippen molar-refractivity contribution in [3.05, 3.63) is 0 Å². The Morgan fingerprint density at radius 3 is 2.42 bits per heavy atom.